The average Bonchev–Trinajstić information content (AvgIpc) is 3.04. The maximum atomic E-state index is 13.0. The molecule has 6 heteroatoms. The lowest BCUT2D eigenvalue weighted by Crippen LogP contribution is -2.57. The van der Waals surface area contributed by atoms with E-state index in [1.165, 1.54) is 0 Å². The summed E-state index contributed by atoms with van der Waals surface area (Å²) in [4.78, 5) is 13.0. The first kappa shape index (κ1) is 21.5. The van der Waals surface area contributed by atoms with Crippen LogP contribution in [-0.2, 0) is 0 Å². The van der Waals surface area contributed by atoms with Crippen molar-refractivity contribution >= 4 is 44.2 Å². The lowest BCUT2D eigenvalue weighted by atomic mass is 9.74. The second-order valence-electron chi connectivity index (χ2n) is 9.69. The number of carbonyl (C=O) groups excluding carboxylic acids is 1. The summed E-state index contributed by atoms with van der Waals surface area (Å²) in [6.45, 7) is 8.85. The summed E-state index contributed by atoms with van der Waals surface area (Å²) in [5.74, 6) is 0.504. The summed E-state index contributed by atoms with van der Waals surface area (Å²) in [5, 5.41) is 9.72. The van der Waals surface area contributed by atoms with Crippen LogP contribution < -0.4 is 5.32 Å². The molecule has 0 unspecified atom stereocenters. The Hall–Kier alpha value is -1.69. The number of ketones is 1. The molecule has 0 spiro atoms. The van der Waals surface area contributed by atoms with Crippen LogP contribution >= 0.6 is 27.5 Å². The van der Waals surface area contributed by atoms with Crippen molar-refractivity contribution in [3.05, 3.63) is 57.7 Å². The van der Waals surface area contributed by atoms with Gasteiger partial charge in [0, 0.05) is 32.9 Å². The molecule has 2 heterocycles. The maximum absolute atomic E-state index is 13.0. The lowest BCUT2D eigenvalue weighted by molar-refractivity contribution is 0.0864. The highest BCUT2D eigenvalue weighted by Crippen LogP contribution is 2.36. The van der Waals surface area contributed by atoms with Crippen LogP contribution in [0.15, 0.2) is 47.1 Å². The minimum absolute atomic E-state index is 0.0314. The third kappa shape index (κ3) is 4.34. The van der Waals surface area contributed by atoms with E-state index in [9.17, 15) is 4.79 Å². The second kappa shape index (κ2) is 7.77. The van der Waals surface area contributed by atoms with Gasteiger partial charge in [-0.15, -0.1) is 0 Å². The number of nitrogens with one attached hydrogen (secondary N) is 1. The van der Waals surface area contributed by atoms with Crippen LogP contribution in [0.1, 0.15) is 57.3 Å². The van der Waals surface area contributed by atoms with Crippen molar-refractivity contribution in [1.29, 1.82) is 0 Å². The van der Waals surface area contributed by atoms with Gasteiger partial charge in [0.05, 0.1) is 22.4 Å². The molecule has 158 valence electrons. The van der Waals surface area contributed by atoms with Gasteiger partial charge in [-0.3, -0.25) is 4.79 Å². The maximum Gasteiger partial charge on any atom is 0.163 e. The van der Waals surface area contributed by atoms with E-state index in [-0.39, 0.29) is 16.9 Å². The Morgan fingerprint density at radius 1 is 1.20 bits per heavy atom. The van der Waals surface area contributed by atoms with Crippen LogP contribution in [0.3, 0.4) is 0 Å². The molecule has 3 aromatic rings. The fourth-order valence-corrected chi connectivity index (χ4v) is 5.84. The minimum atomic E-state index is 0.0314. The number of aromatic nitrogens is 2. The molecular formula is C24H27BrClN3O. The molecular weight excluding hydrogens is 462 g/mol. The Labute approximate surface area is 191 Å². The number of halogens is 2. The number of carbonyl (C=O) groups is 1. The van der Waals surface area contributed by atoms with Gasteiger partial charge in [0.25, 0.3) is 0 Å². The molecule has 30 heavy (non-hydrogen) atoms. The van der Waals surface area contributed by atoms with Gasteiger partial charge in [0.2, 0.25) is 0 Å². The van der Waals surface area contributed by atoms with E-state index in [1.54, 1.807) is 6.07 Å². The molecule has 1 aromatic heterocycles. The zero-order valence-electron chi connectivity index (χ0n) is 17.8. The Bertz CT molecular complexity index is 1100. The fraction of sp³-hybridized carbons (Fsp3) is 0.417. The second-order valence-corrected chi connectivity index (χ2v) is 11.0. The minimum Gasteiger partial charge on any atom is -0.307 e. The first-order chi connectivity index (χ1) is 14.0. The molecule has 1 N–H and O–H groups in total. The summed E-state index contributed by atoms with van der Waals surface area (Å²) in [6.07, 6.45) is 4.33. The Kier molecular flexibility index (Phi) is 5.58. The zero-order valence-corrected chi connectivity index (χ0v) is 20.1. The van der Waals surface area contributed by atoms with Crippen molar-refractivity contribution in [2.45, 2.75) is 58.0 Å². The van der Waals surface area contributed by atoms with Gasteiger partial charge in [-0.05, 0) is 76.8 Å². The van der Waals surface area contributed by atoms with Crippen LogP contribution in [0.25, 0.3) is 16.6 Å². The summed E-state index contributed by atoms with van der Waals surface area (Å²) in [6, 6.07) is 11.5. The molecule has 0 bridgehead atoms. The highest BCUT2D eigenvalue weighted by Gasteiger charge is 2.38. The predicted octanol–water partition coefficient (Wildman–Crippen LogP) is 6.57. The molecule has 1 aliphatic rings. The number of piperidine rings is 1. The molecule has 1 saturated heterocycles. The molecule has 0 amide bonds. The van der Waals surface area contributed by atoms with Gasteiger partial charge in [-0.25, -0.2) is 4.68 Å². The summed E-state index contributed by atoms with van der Waals surface area (Å²) < 4.78 is 2.80. The van der Waals surface area contributed by atoms with Crippen LogP contribution in [0.5, 0.6) is 0 Å². The van der Waals surface area contributed by atoms with Gasteiger partial charge in [0.15, 0.2) is 5.78 Å². The van der Waals surface area contributed by atoms with E-state index in [2.05, 4.69) is 54.0 Å². The van der Waals surface area contributed by atoms with Crippen molar-refractivity contribution < 1.29 is 4.79 Å². The third-order valence-electron chi connectivity index (χ3n) is 5.81. The highest BCUT2D eigenvalue weighted by molar-refractivity contribution is 9.10. The number of hydrogen-bond acceptors (Lipinski definition) is 3. The lowest BCUT2D eigenvalue weighted by Gasteiger charge is -2.46. The zero-order chi connectivity index (χ0) is 21.7. The van der Waals surface area contributed by atoms with Crippen LogP contribution in [0, 0.1) is 5.92 Å². The van der Waals surface area contributed by atoms with Crippen LogP contribution in [0.2, 0.25) is 5.02 Å². The fourth-order valence-electron chi connectivity index (χ4n) is 5.12. The van der Waals surface area contributed by atoms with Gasteiger partial charge in [-0.1, -0.05) is 33.6 Å². The number of rotatable bonds is 4. The molecule has 0 atom stereocenters. The number of benzene rings is 2. The smallest absolute Gasteiger partial charge is 0.163 e. The number of Topliss-reactive ketones (excluding diaryl/α,β-unsaturated/α-hetero) is 1. The van der Waals surface area contributed by atoms with Crippen molar-refractivity contribution in [3.8, 4) is 5.69 Å². The first-order valence-electron chi connectivity index (χ1n) is 10.3. The molecule has 0 radical (unpaired) electrons. The van der Waals surface area contributed by atoms with Crippen molar-refractivity contribution in [1.82, 2.24) is 15.1 Å². The average molecular weight is 489 g/mol. The van der Waals surface area contributed by atoms with E-state index in [1.807, 2.05) is 41.2 Å². The SMILES string of the molecule is CC1(C)CC(CC(=O)c2ccc(-n3ncc4c(Br)cccc43)c(Cl)c2)CC(C)(C)N1. The number of fused-ring (bicyclic) bond motifs is 1. The predicted molar refractivity (Wildman–Crippen MR) is 127 cm³/mol. The van der Waals surface area contributed by atoms with Crippen molar-refractivity contribution in [2.24, 2.45) is 5.92 Å². The molecule has 0 saturated carbocycles. The topological polar surface area (TPSA) is 46.9 Å². The highest BCUT2D eigenvalue weighted by atomic mass is 79.9. The Morgan fingerprint density at radius 2 is 1.90 bits per heavy atom. The van der Waals surface area contributed by atoms with Gasteiger partial charge in [-0.2, -0.15) is 5.10 Å². The third-order valence-corrected chi connectivity index (χ3v) is 6.80. The van der Waals surface area contributed by atoms with Crippen LogP contribution in [-0.4, -0.2) is 26.6 Å². The van der Waals surface area contributed by atoms with E-state index in [0.29, 0.717) is 22.9 Å². The van der Waals surface area contributed by atoms with Crippen LogP contribution in [0.4, 0.5) is 0 Å². The van der Waals surface area contributed by atoms with Gasteiger partial charge in [0.1, 0.15) is 0 Å². The molecule has 1 fully saturated rings. The molecule has 4 nitrogen and oxygen atoms in total. The molecule has 0 aliphatic carbocycles. The molecule has 4 rings (SSSR count). The van der Waals surface area contributed by atoms with E-state index < -0.39 is 0 Å². The standard InChI is InChI=1S/C24H27BrClN3O/c1-23(2)12-15(13-24(3,4)28-23)10-22(30)16-8-9-21(19(26)11-16)29-20-7-5-6-18(25)17(20)14-27-29/h5-9,11,14-15,28H,10,12-13H2,1-4H3. The number of nitrogens with zero attached hydrogens (tertiary/aromatic N) is 2. The van der Waals surface area contributed by atoms with Crippen molar-refractivity contribution in [2.75, 3.05) is 0 Å². The Morgan fingerprint density at radius 3 is 2.57 bits per heavy atom. The molecule has 2 aromatic carbocycles. The van der Waals surface area contributed by atoms with Crippen molar-refractivity contribution in [3.63, 3.8) is 0 Å². The van der Waals surface area contributed by atoms with E-state index in [0.717, 1.165) is 33.9 Å². The van der Waals surface area contributed by atoms with E-state index in [4.69, 9.17) is 11.6 Å². The summed E-state index contributed by atoms with van der Waals surface area (Å²) in [5.41, 5.74) is 2.46. The summed E-state index contributed by atoms with van der Waals surface area (Å²) >= 11 is 10.2. The number of hydrogen-bond donors (Lipinski definition) is 1. The monoisotopic (exact) mass is 487 g/mol. The quantitative estimate of drug-likeness (QED) is 0.422. The van der Waals surface area contributed by atoms with E-state index >= 15 is 0 Å². The first-order valence-corrected chi connectivity index (χ1v) is 11.5. The van der Waals surface area contributed by atoms with Gasteiger partial charge < -0.3 is 5.32 Å². The summed E-state index contributed by atoms with van der Waals surface area (Å²) in [7, 11) is 0. The Balaban J connectivity index is 1.57. The largest absolute Gasteiger partial charge is 0.307 e. The normalized spacial score (nSPS) is 18.6. The molecule has 1 aliphatic heterocycles. The van der Waals surface area contributed by atoms with Gasteiger partial charge >= 0.3 is 0 Å².